The molecule has 2 aromatic rings. The second kappa shape index (κ2) is 9.84. The summed E-state index contributed by atoms with van der Waals surface area (Å²) in [6, 6.07) is 5.84. The van der Waals surface area contributed by atoms with Gasteiger partial charge in [-0.25, -0.2) is 4.79 Å². The third-order valence-electron chi connectivity index (χ3n) is 5.19. The number of primary amides is 1. The predicted octanol–water partition coefficient (Wildman–Crippen LogP) is 1.65. The maximum atomic E-state index is 12.4. The normalized spacial score (nSPS) is 14.0. The summed E-state index contributed by atoms with van der Waals surface area (Å²) in [6.07, 6.45) is 1.47. The number of hydrogen-bond donors (Lipinski definition) is 1. The Morgan fingerprint density at radius 3 is 2.58 bits per heavy atom. The lowest BCUT2D eigenvalue weighted by molar-refractivity contribution is -0.131. The molecular formula is C21H25N5O5. The standard InChI is InChI=1S/C21H25N5O5/c1-29-17-10-15-16(11-18(17)30-2)24-13-14(12-22)20(15)26-6-3-5-25(7-8-26)19(27)4-9-31-21(23)28/h10-11,13H,3-9H2,1-2H3,(H2,23,28). The maximum Gasteiger partial charge on any atom is 0.404 e. The highest BCUT2D eigenvalue weighted by atomic mass is 16.5. The van der Waals surface area contributed by atoms with Gasteiger partial charge in [0.1, 0.15) is 12.7 Å². The van der Waals surface area contributed by atoms with Crippen molar-refractivity contribution in [1.82, 2.24) is 9.88 Å². The van der Waals surface area contributed by atoms with Crippen molar-refractivity contribution < 1.29 is 23.8 Å². The number of benzene rings is 1. The van der Waals surface area contributed by atoms with Crippen molar-refractivity contribution in [3.63, 3.8) is 0 Å². The Labute approximate surface area is 180 Å². The number of nitriles is 1. The minimum atomic E-state index is -0.893. The summed E-state index contributed by atoms with van der Waals surface area (Å²) in [5.41, 5.74) is 6.84. The van der Waals surface area contributed by atoms with Crippen molar-refractivity contribution in [2.24, 2.45) is 5.73 Å². The van der Waals surface area contributed by atoms with E-state index in [1.165, 1.54) is 0 Å². The van der Waals surface area contributed by atoms with Gasteiger partial charge in [0.05, 0.1) is 37.4 Å². The number of nitrogens with zero attached hydrogens (tertiary/aromatic N) is 4. The number of amides is 2. The van der Waals surface area contributed by atoms with Crippen LogP contribution >= 0.6 is 0 Å². The monoisotopic (exact) mass is 427 g/mol. The van der Waals surface area contributed by atoms with E-state index in [1.54, 1.807) is 31.4 Å². The fourth-order valence-corrected chi connectivity index (χ4v) is 3.72. The van der Waals surface area contributed by atoms with Crippen molar-refractivity contribution in [1.29, 1.82) is 5.26 Å². The van der Waals surface area contributed by atoms with E-state index >= 15 is 0 Å². The lowest BCUT2D eigenvalue weighted by Crippen LogP contribution is -2.36. The zero-order chi connectivity index (χ0) is 22.4. The fraction of sp³-hybridized carbons (Fsp3) is 0.429. The van der Waals surface area contributed by atoms with E-state index in [0.717, 1.165) is 17.5 Å². The molecule has 0 aliphatic carbocycles. The van der Waals surface area contributed by atoms with Gasteiger partial charge in [-0.15, -0.1) is 0 Å². The van der Waals surface area contributed by atoms with E-state index in [-0.39, 0.29) is 18.9 Å². The van der Waals surface area contributed by atoms with Crippen LogP contribution in [0.1, 0.15) is 18.4 Å². The Hall–Kier alpha value is -3.74. The van der Waals surface area contributed by atoms with Crippen molar-refractivity contribution in [3.8, 4) is 17.6 Å². The molecule has 0 bridgehead atoms. The zero-order valence-electron chi connectivity index (χ0n) is 17.6. The summed E-state index contributed by atoms with van der Waals surface area (Å²) in [5, 5.41) is 10.5. The highest BCUT2D eigenvalue weighted by Crippen LogP contribution is 2.37. The molecule has 10 nitrogen and oxygen atoms in total. The maximum absolute atomic E-state index is 12.4. The summed E-state index contributed by atoms with van der Waals surface area (Å²) >= 11 is 0. The van der Waals surface area contributed by atoms with Crippen LogP contribution in [-0.4, -0.2) is 68.9 Å². The average molecular weight is 427 g/mol. The number of pyridine rings is 1. The third kappa shape index (κ3) is 4.88. The molecule has 0 unspecified atom stereocenters. The lowest BCUT2D eigenvalue weighted by Gasteiger charge is -2.26. The van der Waals surface area contributed by atoms with Crippen LogP contribution in [-0.2, 0) is 9.53 Å². The number of ether oxygens (including phenoxy) is 3. The van der Waals surface area contributed by atoms with Gasteiger partial charge in [-0.05, 0) is 12.5 Å². The Morgan fingerprint density at radius 1 is 1.16 bits per heavy atom. The van der Waals surface area contributed by atoms with Gasteiger partial charge in [-0.1, -0.05) is 0 Å². The van der Waals surface area contributed by atoms with E-state index in [1.807, 2.05) is 6.07 Å². The van der Waals surface area contributed by atoms with Crippen LogP contribution in [0.2, 0.25) is 0 Å². The minimum Gasteiger partial charge on any atom is -0.493 e. The number of carbonyl (C=O) groups excluding carboxylic acids is 2. The van der Waals surface area contributed by atoms with Crippen LogP contribution in [0.4, 0.5) is 10.5 Å². The first-order valence-electron chi connectivity index (χ1n) is 9.88. The van der Waals surface area contributed by atoms with Crippen LogP contribution in [0.15, 0.2) is 18.3 Å². The third-order valence-corrected chi connectivity index (χ3v) is 5.19. The van der Waals surface area contributed by atoms with E-state index in [9.17, 15) is 14.9 Å². The van der Waals surface area contributed by atoms with Crippen molar-refractivity contribution in [3.05, 3.63) is 23.9 Å². The van der Waals surface area contributed by atoms with Crippen LogP contribution in [0.3, 0.4) is 0 Å². The Morgan fingerprint density at radius 2 is 1.90 bits per heavy atom. The molecule has 1 saturated heterocycles. The number of rotatable bonds is 6. The molecule has 1 fully saturated rings. The molecule has 1 aromatic carbocycles. The average Bonchev–Trinajstić information content (AvgIpc) is 3.03. The highest BCUT2D eigenvalue weighted by Gasteiger charge is 2.23. The molecule has 0 radical (unpaired) electrons. The number of nitrogens with two attached hydrogens (primary N) is 1. The van der Waals surface area contributed by atoms with Gasteiger partial charge in [-0.3, -0.25) is 9.78 Å². The molecule has 2 N–H and O–H groups in total. The Kier molecular flexibility index (Phi) is 6.97. The number of hydrogen-bond acceptors (Lipinski definition) is 8. The van der Waals surface area contributed by atoms with E-state index in [0.29, 0.717) is 48.8 Å². The Bertz CT molecular complexity index is 1020. The first-order valence-corrected chi connectivity index (χ1v) is 9.88. The topological polar surface area (TPSA) is 131 Å². The summed E-state index contributed by atoms with van der Waals surface area (Å²) in [5.74, 6) is 1.01. The molecule has 1 aliphatic rings. The van der Waals surface area contributed by atoms with Gasteiger partial charge in [-0.2, -0.15) is 5.26 Å². The molecular weight excluding hydrogens is 402 g/mol. The molecule has 164 valence electrons. The molecule has 31 heavy (non-hydrogen) atoms. The van der Waals surface area contributed by atoms with Crippen molar-refractivity contribution in [2.75, 3.05) is 51.9 Å². The SMILES string of the molecule is COc1cc2ncc(C#N)c(N3CCCN(C(=O)CCOC(N)=O)CC3)c2cc1OC. The van der Waals surface area contributed by atoms with Gasteiger partial charge in [0, 0.05) is 43.8 Å². The predicted molar refractivity (Wildman–Crippen MR) is 113 cm³/mol. The van der Waals surface area contributed by atoms with Gasteiger partial charge in [0.15, 0.2) is 11.5 Å². The number of aromatic nitrogens is 1. The molecule has 1 aromatic heterocycles. The largest absolute Gasteiger partial charge is 0.493 e. The molecule has 10 heteroatoms. The van der Waals surface area contributed by atoms with Crippen LogP contribution in [0.25, 0.3) is 10.9 Å². The number of methoxy groups -OCH3 is 2. The number of anilines is 1. The molecule has 0 spiro atoms. The smallest absolute Gasteiger partial charge is 0.404 e. The summed E-state index contributed by atoms with van der Waals surface area (Å²) in [4.78, 5) is 31.4. The minimum absolute atomic E-state index is 0.0381. The summed E-state index contributed by atoms with van der Waals surface area (Å²) in [6.45, 7) is 2.24. The van der Waals surface area contributed by atoms with E-state index in [2.05, 4.69) is 20.7 Å². The molecule has 3 rings (SSSR count). The molecule has 0 atom stereocenters. The summed E-state index contributed by atoms with van der Waals surface area (Å²) < 4.78 is 15.5. The summed E-state index contributed by atoms with van der Waals surface area (Å²) in [7, 11) is 3.12. The van der Waals surface area contributed by atoms with Gasteiger partial charge >= 0.3 is 6.09 Å². The number of fused-ring (bicyclic) bond motifs is 1. The zero-order valence-corrected chi connectivity index (χ0v) is 17.6. The molecule has 0 saturated carbocycles. The van der Waals surface area contributed by atoms with E-state index in [4.69, 9.17) is 15.2 Å². The van der Waals surface area contributed by atoms with Crippen LogP contribution in [0, 0.1) is 11.3 Å². The molecule has 2 amide bonds. The van der Waals surface area contributed by atoms with Crippen molar-refractivity contribution >= 4 is 28.6 Å². The van der Waals surface area contributed by atoms with Crippen molar-refractivity contribution in [2.45, 2.75) is 12.8 Å². The second-order valence-corrected chi connectivity index (χ2v) is 7.00. The molecule has 2 heterocycles. The number of carbonyl (C=O) groups is 2. The van der Waals surface area contributed by atoms with Gasteiger partial charge in [0.2, 0.25) is 5.91 Å². The lowest BCUT2D eigenvalue weighted by atomic mass is 10.1. The highest BCUT2D eigenvalue weighted by molar-refractivity contribution is 5.96. The van der Waals surface area contributed by atoms with Crippen LogP contribution in [0.5, 0.6) is 11.5 Å². The van der Waals surface area contributed by atoms with Gasteiger partial charge in [0.25, 0.3) is 0 Å². The van der Waals surface area contributed by atoms with E-state index < -0.39 is 6.09 Å². The molecule has 1 aliphatic heterocycles. The van der Waals surface area contributed by atoms with Crippen LogP contribution < -0.4 is 20.1 Å². The Balaban J connectivity index is 1.86. The quantitative estimate of drug-likeness (QED) is 0.736. The first kappa shape index (κ1) is 22.0. The second-order valence-electron chi connectivity index (χ2n) is 7.00. The first-order chi connectivity index (χ1) is 15.0. The fourth-order valence-electron chi connectivity index (χ4n) is 3.72. The van der Waals surface area contributed by atoms with Gasteiger partial charge < -0.3 is 29.7 Å².